The molecule has 1 N–H and O–H groups in total. The Hall–Kier alpha value is -1.62. The second-order valence-electron chi connectivity index (χ2n) is 6.48. The van der Waals surface area contributed by atoms with Crippen molar-refractivity contribution in [2.24, 2.45) is 0 Å². The Labute approximate surface area is 126 Å². The van der Waals surface area contributed by atoms with Crippen LogP contribution in [0.25, 0.3) is 0 Å². The van der Waals surface area contributed by atoms with Gasteiger partial charge in [-0.3, -0.25) is 4.79 Å². The highest BCUT2D eigenvalue weighted by Gasteiger charge is 2.36. The molecular formula is C16H24N4O. The number of aromatic nitrogens is 1. The maximum Gasteiger partial charge on any atom is 0.254 e. The third-order valence-corrected chi connectivity index (χ3v) is 4.77. The van der Waals surface area contributed by atoms with Gasteiger partial charge in [0, 0.05) is 51.0 Å². The van der Waals surface area contributed by atoms with E-state index in [1.165, 1.54) is 12.8 Å². The number of nitrogens with zero attached hydrogens (tertiary/aromatic N) is 3. The summed E-state index contributed by atoms with van der Waals surface area (Å²) in [5, 5.41) is 3.62. The van der Waals surface area contributed by atoms with Crippen molar-refractivity contribution in [3.63, 3.8) is 0 Å². The van der Waals surface area contributed by atoms with Gasteiger partial charge in [-0.15, -0.1) is 0 Å². The summed E-state index contributed by atoms with van der Waals surface area (Å²) in [7, 11) is 5.81. The molecule has 5 nitrogen and oxygen atoms in total. The molecule has 2 bridgehead atoms. The predicted octanol–water partition coefficient (Wildman–Crippen LogP) is 1.50. The molecule has 2 saturated heterocycles. The van der Waals surface area contributed by atoms with E-state index in [1.54, 1.807) is 6.20 Å². The lowest BCUT2D eigenvalue weighted by atomic mass is 9.98. The molecular weight excluding hydrogens is 264 g/mol. The van der Waals surface area contributed by atoms with Gasteiger partial charge in [0.05, 0.1) is 0 Å². The monoisotopic (exact) mass is 288 g/mol. The van der Waals surface area contributed by atoms with Crippen molar-refractivity contribution < 1.29 is 4.79 Å². The zero-order valence-electron chi connectivity index (χ0n) is 13.0. The smallest absolute Gasteiger partial charge is 0.254 e. The van der Waals surface area contributed by atoms with E-state index in [2.05, 4.69) is 10.3 Å². The lowest BCUT2D eigenvalue weighted by molar-refractivity contribution is 0.0681. The Balaban J connectivity index is 1.73. The van der Waals surface area contributed by atoms with Crippen molar-refractivity contribution in [2.75, 3.05) is 26.0 Å². The largest absolute Gasteiger partial charge is 0.363 e. The molecule has 1 amide bonds. The Kier molecular flexibility index (Phi) is 3.85. The van der Waals surface area contributed by atoms with Crippen LogP contribution in [0.1, 0.15) is 36.0 Å². The number of nitrogens with one attached hydrogen (secondary N) is 1. The van der Waals surface area contributed by atoms with Gasteiger partial charge < -0.3 is 15.1 Å². The maximum absolute atomic E-state index is 12.7. The molecule has 3 heterocycles. The molecule has 21 heavy (non-hydrogen) atoms. The molecule has 0 saturated carbocycles. The van der Waals surface area contributed by atoms with Crippen molar-refractivity contribution in [1.82, 2.24) is 15.2 Å². The molecule has 2 unspecified atom stereocenters. The van der Waals surface area contributed by atoms with E-state index in [9.17, 15) is 4.79 Å². The normalized spacial score (nSPS) is 27.5. The number of anilines is 1. The first-order chi connectivity index (χ1) is 10.0. The summed E-state index contributed by atoms with van der Waals surface area (Å²) in [6.07, 6.45) is 6.36. The van der Waals surface area contributed by atoms with Crippen molar-refractivity contribution >= 4 is 11.7 Å². The summed E-state index contributed by atoms with van der Waals surface area (Å²) in [4.78, 5) is 20.8. The fourth-order valence-corrected chi connectivity index (χ4v) is 3.51. The quantitative estimate of drug-likeness (QED) is 0.916. The van der Waals surface area contributed by atoms with Crippen LogP contribution in [0.5, 0.6) is 0 Å². The number of carbonyl (C=O) groups excluding carboxylic acids is 1. The number of carbonyl (C=O) groups is 1. The van der Waals surface area contributed by atoms with Crippen LogP contribution in [-0.4, -0.2) is 55.1 Å². The number of rotatable bonds is 3. The molecule has 2 aliphatic heterocycles. The summed E-state index contributed by atoms with van der Waals surface area (Å²) in [6, 6.07) is 5.22. The van der Waals surface area contributed by atoms with E-state index in [-0.39, 0.29) is 5.91 Å². The van der Waals surface area contributed by atoms with Crippen LogP contribution in [-0.2, 0) is 0 Å². The van der Waals surface area contributed by atoms with Gasteiger partial charge >= 0.3 is 0 Å². The molecule has 3 rings (SSSR count). The van der Waals surface area contributed by atoms with E-state index in [4.69, 9.17) is 0 Å². The highest BCUT2D eigenvalue weighted by Crippen LogP contribution is 2.29. The Bertz CT molecular complexity index is 519. The third-order valence-electron chi connectivity index (χ3n) is 4.77. The summed E-state index contributed by atoms with van der Waals surface area (Å²) in [5.74, 6) is 0.923. The lowest BCUT2D eigenvalue weighted by Gasteiger charge is -2.35. The van der Waals surface area contributed by atoms with Gasteiger partial charge in [0.15, 0.2) is 0 Å². The van der Waals surface area contributed by atoms with Crippen LogP contribution in [0.15, 0.2) is 18.3 Å². The summed E-state index contributed by atoms with van der Waals surface area (Å²) in [5.41, 5.74) is 0.724. The number of piperidine rings is 1. The fraction of sp³-hybridized carbons (Fsp3) is 0.625. The van der Waals surface area contributed by atoms with Gasteiger partial charge in [-0.25, -0.2) is 4.98 Å². The van der Waals surface area contributed by atoms with Gasteiger partial charge in [-0.05, 0) is 37.8 Å². The molecule has 2 atom stereocenters. The lowest BCUT2D eigenvalue weighted by Crippen LogP contribution is -2.48. The first kappa shape index (κ1) is 14.3. The number of hydrogen-bond acceptors (Lipinski definition) is 4. The zero-order chi connectivity index (χ0) is 15.0. The minimum Gasteiger partial charge on any atom is -0.363 e. The first-order valence-electron chi connectivity index (χ1n) is 7.71. The standard InChI is InChI=1S/C16H24N4O/c1-19(2)15-8-11(6-7-17-15)16(21)20(3)14-9-12-4-5-13(10-14)18-12/h6-8,12-14,18H,4-5,9-10H2,1-3H3. The van der Waals surface area contributed by atoms with E-state index >= 15 is 0 Å². The van der Waals surface area contributed by atoms with Gasteiger partial charge in [0.2, 0.25) is 0 Å². The van der Waals surface area contributed by atoms with Crippen molar-refractivity contribution in [2.45, 2.75) is 43.8 Å². The second-order valence-corrected chi connectivity index (χ2v) is 6.48. The molecule has 0 radical (unpaired) electrons. The van der Waals surface area contributed by atoms with E-state index in [1.807, 2.05) is 43.1 Å². The molecule has 2 fully saturated rings. The maximum atomic E-state index is 12.7. The Morgan fingerprint density at radius 1 is 1.24 bits per heavy atom. The van der Waals surface area contributed by atoms with E-state index in [0.29, 0.717) is 18.1 Å². The molecule has 5 heteroatoms. The first-order valence-corrected chi connectivity index (χ1v) is 7.71. The summed E-state index contributed by atoms with van der Waals surface area (Å²) in [6.45, 7) is 0. The summed E-state index contributed by atoms with van der Waals surface area (Å²) >= 11 is 0. The molecule has 0 spiro atoms. The van der Waals surface area contributed by atoms with Crippen LogP contribution in [0.4, 0.5) is 5.82 Å². The zero-order valence-corrected chi connectivity index (χ0v) is 13.0. The molecule has 114 valence electrons. The topological polar surface area (TPSA) is 48.5 Å². The Morgan fingerprint density at radius 3 is 2.52 bits per heavy atom. The fourth-order valence-electron chi connectivity index (χ4n) is 3.51. The molecule has 0 aromatic carbocycles. The third kappa shape index (κ3) is 2.88. The minimum atomic E-state index is 0.104. The molecule has 0 aliphatic carbocycles. The predicted molar refractivity (Wildman–Crippen MR) is 83.6 cm³/mol. The van der Waals surface area contributed by atoms with Crippen LogP contribution in [0.2, 0.25) is 0 Å². The van der Waals surface area contributed by atoms with Gasteiger partial charge in [0.1, 0.15) is 5.82 Å². The average Bonchev–Trinajstić information content (AvgIpc) is 2.84. The molecule has 1 aromatic heterocycles. The number of pyridine rings is 1. The SMILES string of the molecule is CN(C)c1cc(C(=O)N(C)C2CC3CCC(C2)N3)ccn1. The van der Waals surface area contributed by atoms with E-state index < -0.39 is 0 Å². The second kappa shape index (κ2) is 5.64. The van der Waals surface area contributed by atoms with Gasteiger partial charge in [0.25, 0.3) is 5.91 Å². The number of hydrogen-bond donors (Lipinski definition) is 1. The highest BCUT2D eigenvalue weighted by atomic mass is 16.2. The minimum absolute atomic E-state index is 0.104. The van der Waals surface area contributed by atoms with Crippen molar-refractivity contribution in [1.29, 1.82) is 0 Å². The van der Waals surface area contributed by atoms with Crippen LogP contribution in [0, 0.1) is 0 Å². The molecule has 2 aliphatic rings. The highest BCUT2D eigenvalue weighted by molar-refractivity contribution is 5.94. The average molecular weight is 288 g/mol. The molecule has 1 aromatic rings. The van der Waals surface area contributed by atoms with Gasteiger partial charge in [-0.2, -0.15) is 0 Å². The van der Waals surface area contributed by atoms with Crippen molar-refractivity contribution in [3.05, 3.63) is 23.9 Å². The van der Waals surface area contributed by atoms with Crippen LogP contribution < -0.4 is 10.2 Å². The van der Waals surface area contributed by atoms with Crippen molar-refractivity contribution in [3.8, 4) is 0 Å². The van der Waals surface area contributed by atoms with Crippen LogP contribution >= 0.6 is 0 Å². The Morgan fingerprint density at radius 2 is 1.90 bits per heavy atom. The van der Waals surface area contributed by atoms with Gasteiger partial charge in [-0.1, -0.05) is 0 Å². The number of fused-ring (bicyclic) bond motifs is 2. The van der Waals surface area contributed by atoms with Crippen LogP contribution in [0.3, 0.4) is 0 Å². The summed E-state index contributed by atoms with van der Waals surface area (Å²) < 4.78 is 0. The number of amides is 1. The van der Waals surface area contributed by atoms with E-state index in [0.717, 1.165) is 24.2 Å².